The third kappa shape index (κ3) is 5.90. The summed E-state index contributed by atoms with van der Waals surface area (Å²) in [5.74, 6) is 1.44. The fraction of sp³-hybridized carbons (Fsp3) is 0. The minimum Gasteiger partial charge on any atom is -0.457 e. The number of aliphatic imine (C=N–C) groups is 1. The average Bonchev–Trinajstić information content (AvgIpc) is 2.76. The van der Waals surface area contributed by atoms with E-state index in [0.717, 1.165) is 31.8 Å². The molecule has 0 aliphatic heterocycles. The van der Waals surface area contributed by atoms with Crippen LogP contribution in [0.15, 0.2) is 112 Å². The highest BCUT2D eigenvalue weighted by molar-refractivity contribution is 7.99. The number of hydrogen-bond acceptors (Lipinski definition) is 3. The zero-order chi connectivity index (χ0) is 20.8. The maximum atomic E-state index is 5.99. The fourth-order valence-corrected chi connectivity index (χ4v) is 3.80. The quantitative estimate of drug-likeness (QED) is 0.274. The van der Waals surface area contributed by atoms with E-state index in [1.54, 1.807) is 17.8 Å². The van der Waals surface area contributed by atoms with Crippen LogP contribution in [-0.4, -0.2) is 6.21 Å². The molecule has 0 fully saturated rings. The lowest BCUT2D eigenvalue weighted by atomic mass is 10.2. The van der Waals surface area contributed by atoms with Gasteiger partial charge in [-0.25, -0.2) is 0 Å². The van der Waals surface area contributed by atoms with Crippen molar-refractivity contribution in [1.82, 2.24) is 0 Å². The zero-order valence-corrected chi connectivity index (χ0v) is 18.2. The van der Waals surface area contributed by atoms with Gasteiger partial charge in [0.2, 0.25) is 0 Å². The maximum absolute atomic E-state index is 5.99. The van der Waals surface area contributed by atoms with Gasteiger partial charge in [-0.3, -0.25) is 4.99 Å². The molecular weight excluding hydrogens is 433 g/mol. The number of hydrogen-bond donors (Lipinski definition) is 0. The van der Waals surface area contributed by atoms with Crippen molar-refractivity contribution in [2.45, 2.75) is 9.79 Å². The number of halogens is 2. The van der Waals surface area contributed by atoms with Gasteiger partial charge in [0.15, 0.2) is 0 Å². The summed E-state index contributed by atoms with van der Waals surface area (Å²) in [6, 6.07) is 31.0. The molecule has 0 saturated carbocycles. The molecule has 0 spiro atoms. The molecule has 0 aliphatic carbocycles. The van der Waals surface area contributed by atoms with E-state index in [9.17, 15) is 0 Å². The normalized spacial score (nSPS) is 11.0. The first-order chi connectivity index (χ1) is 14.6. The van der Waals surface area contributed by atoms with Gasteiger partial charge < -0.3 is 4.74 Å². The Morgan fingerprint density at radius 1 is 0.667 bits per heavy atom. The minimum atomic E-state index is 0.645. The highest BCUT2D eigenvalue weighted by atomic mass is 35.5. The molecule has 0 unspecified atom stereocenters. The largest absolute Gasteiger partial charge is 0.457 e. The standard InChI is InChI=1S/C25H17Cl2NOS/c26-19-6-14-25(15-7-19)30-24-12-4-18(5-13-24)17-28-21-8-10-22(11-9-21)29-23-3-1-2-20(27)16-23/h1-17H. The first kappa shape index (κ1) is 20.5. The fourth-order valence-electron chi connectivity index (χ4n) is 2.68. The maximum Gasteiger partial charge on any atom is 0.128 e. The Morgan fingerprint density at radius 3 is 2.00 bits per heavy atom. The number of nitrogens with zero attached hydrogens (tertiary/aromatic N) is 1. The summed E-state index contributed by atoms with van der Waals surface area (Å²) in [7, 11) is 0. The smallest absolute Gasteiger partial charge is 0.128 e. The molecule has 30 heavy (non-hydrogen) atoms. The van der Waals surface area contributed by atoms with Crippen LogP contribution in [0.25, 0.3) is 0 Å². The first-order valence-electron chi connectivity index (χ1n) is 9.25. The van der Waals surface area contributed by atoms with Crippen LogP contribution < -0.4 is 4.74 Å². The van der Waals surface area contributed by atoms with E-state index in [1.807, 2.05) is 72.9 Å². The Hall–Kier alpha value is -2.72. The Morgan fingerprint density at radius 2 is 1.33 bits per heavy atom. The van der Waals surface area contributed by atoms with Crippen LogP contribution in [0.5, 0.6) is 11.5 Å². The van der Waals surface area contributed by atoms with E-state index < -0.39 is 0 Å². The van der Waals surface area contributed by atoms with Crippen molar-refractivity contribution in [3.8, 4) is 11.5 Å². The third-order valence-electron chi connectivity index (χ3n) is 4.16. The van der Waals surface area contributed by atoms with Crippen molar-refractivity contribution in [2.24, 2.45) is 4.99 Å². The van der Waals surface area contributed by atoms with Gasteiger partial charge in [-0.2, -0.15) is 0 Å². The van der Waals surface area contributed by atoms with Crippen molar-refractivity contribution in [1.29, 1.82) is 0 Å². The van der Waals surface area contributed by atoms with Crippen LogP contribution in [0, 0.1) is 0 Å². The molecule has 4 aromatic rings. The summed E-state index contributed by atoms with van der Waals surface area (Å²) in [5.41, 5.74) is 1.89. The molecule has 0 aliphatic rings. The van der Waals surface area contributed by atoms with E-state index in [1.165, 1.54) is 0 Å². The predicted octanol–water partition coefficient (Wildman–Crippen LogP) is 8.69. The van der Waals surface area contributed by atoms with Crippen molar-refractivity contribution in [2.75, 3.05) is 0 Å². The molecule has 0 atom stereocenters. The molecule has 0 heterocycles. The van der Waals surface area contributed by atoms with Crippen molar-refractivity contribution < 1.29 is 4.74 Å². The highest BCUT2D eigenvalue weighted by Gasteiger charge is 2.00. The molecular formula is C25H17Cl2NOS. The van der Waals surface area contributed by atoms with Crippen LogP contribution in [-0.2, 0) is 0 Å². The lowest BCUT2D eigenvalue weighted by Crippen LogP contribution is -1.83. The van der Waals surface area contributed by atoms with Crippen LogP contribution in [0.4, 0.5) is 5.69 Å². The topological polar surface area (TPSA) is 21.6 Å². The molecule has 0 bridgehead atoms. The molecule has 5 heteroatoms. The summed E-state index contributed by atoms with van der Waals surface area (Å²) in [6.45, 7) is 0. The van der Waals surface area contributed by atoms with Crippen LogP contribution in [0.1, 0.15) is 5.56 Å². The average molecular weight is 450 g/mol. The Balaban J connectivity index is 1.36. The van der Waals surface area contributed by atoms with Gasteiger partial charge in [-0.05, 0) is 84.4 Å². The second-order valence-electron chi connectivity index (χ2n) is 6.44. The van der Waals surface area contributed by atoms with Gasteiger partial charge in [0, 0.05) is 26.1 Å². The molecule has 4 rings (SSSR count). The second-order valence-corrected chi connectivity index (χ2v) is 8.46. The SMILES string of the molecule is Clc1ccc(Sc2ccc(C=Nc3ccc(Oc4cccc(Cl)c4)cc3)cc2)cc1. The summed E-state index contributed by atoms with van der Waals surface area (Å²) >= 11 is 13.6. The summed E-state index contributed by atoms with van der Waals surface area (Å²) < 4.78 is 5.80. The Kier molecular flexibility index (Phi) is 6.75. The molecule has 0 aromatic heterocycles. The predicted molar refractivity (Wildman–Crippen MR) is 127 cm³/mol. The Labute approximate surface area is 190 Å². The third-order valence-corrected chi connectivity index (χ3v) is 5.66. The number of ether oxygens (including phenoxy) is 1. The molecule has 0 radical (unpaired) electrons. The van der Waals surface area contributed by atoms with Gasteiger partial charge in [-0.1, -0.05) is 53.2 Å². The summed E-state index contributed by atoms with van der Waals surface area (Å²) in [5, 5.41) is 1.39. The molecule has 4 aromatic carbocycles. The van der Waals surface area contributed by atoms with E-state index in [0.29, 0.717) is 10.8 Å². The number of rotatable bonds is 6. The van der Waals surface area contributed by atoms with E-state index >= 15 is 0 Å². The second kappa shape index (κ2) is 9.86. The lowest BCUT2D eigenvalue weighted by molar-refractivity contribution is 0.483. The molecule has 0 amide bonds. The zero-order valence-electron chi connectivity index (χ0n) is 15.8. The van der Waals surface area contributed by atoms with Crippen LogP contribution in [0.2, 0.25) is 10.0 Å². The molecule has 0 N–H and O–H groups in total. The van der Waals surface area contributed by atoms with Gasteiger partial charge in [0.05, 0.1) is 5.69 Å². The minimum absolute atomic E-state index is 0.645. The van der Waals surface area contributed by atoms with Gasteiger partial charge >= 0.3 is 0 Å². The van der Waals surface area contributed by atoms with Crippen LogP contribution >= 0.6 is 35.0 Å². The monoisotopic (exact) mass is 449 g/mol. The molecule has 148 valence electrons. The van der Waals surface area contributed by atoms with Gasteiger partial charge in [0.25, 0.3) is 0 Å². The molecule has 0 saturated heterocycles. The lowest BCUT2D eigenvalue weighted by Gasteiger charge is -2.06. The van der Waals surface area contributed by atoms with Gasteiger partial charge in [-0.15, -0.1) is 0 Å². The summed E-state index contributed by atoms with van der Waals surface area (Å²) in [4.78, 5) is 6.86. The van der Waals surface area contributed by atoms with Crippen molar-refractivity contribution in [3.63, 3.8) is 0 Å². The highest BCUT2D eigenvalue weighted by Crippen LogP contribution is 2.29. The van der Waals surface area contributed by atoms with Gasteiger partial charge in [0.1, 0.15) is 11.5 Å². The van der Waals surface area contributed by atoms with Crippen molar-refractivity contribution in [3.05, 3.63) is 113 Å². The molecule has 2 nitrogen and oxygen atoms in total. The van der Waals surface area contributed by atoms with E-state index in [2.05, 4.69) is 29.3 Å². The number of benzene rings is 4. The van der Waals surface area contributed by atoms with E-state index in [-0.39, 0.29) is 0 Å². The van der Waals surface area contributed by atoms with E-state index in [4.69, 9.17) is 27.9 Å². The summed E-state index contributed by atoms with van der Waals surface area (Å²) in [6.07, 6.45) is 1.85. The first-order valence-corrected chi connectivity index (χ1v) is 10.8. The van der Waals surface area contributed by atoms with Crippen LogP contribution in [0.3, 0.4) is 0 Å². The van der Waals surface area contributed by atoms with Crippen molar-refractivity contribution >= 4 is 46.9 Å². The Bertz CT molecular complexity index is 1140.